The molecule has 0 radical (unpaired) electrons. The molecule has 0 aliphatic heterocycles. The summed E-state index contributed by atoms with van der Waals surface area (Å²) in [4.78, 5) is 0. The summed E-state index contributed by atoms with van der Waals surface area (Å²) in [6.45, 7) is 8.33. The summed E-state index contributed by atoms with van der Waals surface area (Å²) >= 11 is 6.20. The van der Waals surface area contributed by atoms with Gasteiger partial charge in [0.2, 0.25) is 0 Å². The van der Waals surface area contributed by atoms with Crippen molar-refractivity contribution in [1.82, 2.24) is 5.32 Å². The third-order valence-corrected chi connectivity index (χ3v) is 3.18. The van der Waals surface area contributed by atoms with Gasteiger partial charge >= 0.3 is 0 Å². The number of unbranched alkanes of at least 4 members (excludes halogenated alkanes) is 3. The van der Waals surface area contributed by atoms with Crippen LogP contribution in [0.1, 0.15) is 38.2 Å². The first-order valence-electron chi connectivity index (χ1n) is 7.00. The third-order valence-electron chi connectivity index (χ3n) is 2.89. The highest BCUT2D eigenvalue weighted by molar-refractivity contribution is 6.32. The fraction of sp³-hybridized carbons (Fsp3) is 0.500. The fourth-order valence-electron chi connectivity index (χ4n) is 1.79. The normalized spacial score (nSPS) is 10.4. The minimum atomic E-state index is 0.696. The van der Waals surface area contributed by atoms with Gasteiger partial charge < -0.3 is 10.1 Å². The molecule has 1 rings (SSSR count). The quantitative estimate of drug-likeness (QED) is 0.501. The van der Waals surface area contributed by atoms with Crippen LogP contribution in [0.4, 0.5) is 0 Å². The van der Waals surface area contributed by atoms with Crippen molar-refractivity contribution in [3.63, 3.8) is 0 Å². The van der Waals surface area contributed by atoms with Crippen molar-refractivity contribution >= 4 is 11.6 Å². The van der Waals surface area contributed by atoms with Gasteiger partial charge in [-0.3, -0.25) is 0 Å². The SMILES string of the molecule is C=CCCCCCOc1ccc(CNCC)cc1Cl. The minimum Gasteiger partial charge on any atom is -0.492 e. The van der Waals surface area contributed by atoms with Gasteiger partial charge in [0.25, 0.3) is 0 Å². The lowest BCUT2D eigenvalue weighted by atomic mass is 10.2. The lowest BCUT2D eigenvalue weighted by Gasteiger charge is -2.09. The van der Waals surface area contributed by atoms with E-state index in [4.69, 9.17) is 16.3 Å². The summed E-state index contributed by atoms with van der Waals surface area (Å²) in [7, 11) is 0. The third kappa shape index (κ3) is 6.65. The molecule has 0 atom stereocenters. The first kappa shape index (κ1) is 16.1. The smallest absolute Gasteiger partial charge is 0.137 e. The van der Waals surface area contributed by atoms with Crippen LogP contribution in [0.3, 0.4) is 0 Å². The zero-order valence-electron chi connectivity index (χ0n) is 11.8. The van der Waals surface area contributed by atoms with Gasteiger partial charge in [-0.15, -0.1) is 6.58 Å². The number of nitrogens with one attached hydrogen (secondary N) is 1. The van der Waals surface area contributed by atoms with Gasteiger partial charge in [-0.05, 0) is 49.9 Å². The zero-order chi connectivity index (χ0) is 13.9. The molecule has 0 bridgehead atoms. The average molecular weight is 282 g/mol. The summed E-state index contributed by atoms with van der Waals surface area (Å²) in [6, 6.07) is 5.98. The van der Waals surface area contributed by atoms with Crippen molar-refractivity contribution in [1.29, 1.82) is 0 Å². The number of hydrogen-bond donors (Lipinski definition) is 1. The molecule has 0 spiro atoms. The van der Waals surface area contributed by atoms with Crippen molar-refractivity contribution in [2.24, 2.45) is 0 Å². The van der Waals surface area contributed by atoms with Gasteiger partial charge in [-0.1, -0.05) is 30.7 Å². The Morgan fingerprint density at radius 2 is 2.16 bits per heavy atom. The number of benzene rings is 1. The predicted octanol–water partition coefficient (Wildman–Crippen LogP) is 4.57. The van der Waals surface area contributed by atoms with E-state index in [0.29, 0.717) is 5.02 Å². The Balaban J connectivity index is 2.31. The number of allylic oxidation sites excluding steroid dienone is 1. The van der Waals surface area contributed by atoms with Crippen LogP contribution < -0.4 is 10.1 Å². The molecule has 0 heterocycles. The van der Waals surface area contributed by atoms with Gasteiger partial charge in [0, 0.05) is 6.54 Å². The van der Waals surface area contributed by atoms with Crippen LogP contribution in [0.2, 0.25) is 5.02 Å². The lowest BCUT2D eigenvalue weighted by molar-refractivity contribution is 0.305. The molecule has 0 aromatic heterocycles. The van der Waals surface area contributed by atoms with Crippen LogP contribution in [0, 0.1) is 0 Å². The second-order valence-electron chi connectivity index (χ2n) is 4.53. The van der Waals surface area contributed by atoms with Gasteiger partial charge in [0.05, 0.1) is 11.6 Å². The average Bonchev–Trinajstić information content (AvgIpc) is 2.42. The van der Waals surface area contributed by atoms with Crippen molar-refractivity contribution in [2.45, 2.75) is 39.2 Å². The van der Waals surface area contributed by atoms with Gasteiger partial charge in [0.1, 0.15) is 5.75 Å². The Labute approximate surface area is 121 Å². The lowest BCUT2D eigenvalue weighted by Crippen LogP contribution is -2.11. The van der Waals surface area contributed by atoms with Gasteiger partial charge in [-0.2, -0.15) is 0 Å². The maximum absolute atomic E-state index is 6.20. The van der Waals surface area contributed by atoms with Crippen molar-refractivity contribution in [2.75, 3.05) is 13.2 Å². The van der Waals surface area contributed by atoms with Crippen LogP contribution in [0.25, 0.3) is 0 Å². The van der Waals surface area contributed by atoms with E-state index in [0.717, 1.165) is 38.3 Å². The second-order valence-corrected chi connectivity index (χ2v) is 4.94. The monoisotopic (exact) mass is 281 g/mol. The second kappa shape index (κ2) is 9.88. The molecular formula is C16H24ClNO. The summed E-state index contributed by atoms with van der Waals surface area (Å²) in [5.74, 6) is 0.783. The highest BCUT2D eigenvalue weighted by Gasteiger charge is 2.02. The van der Waals surface area contributed by atoms with E-state index >= 15 is 0 Å². The first-order chi connectivity index (χ1) is 9.27. The topological polar surface area (TPSA) is 21.3 Å². The minimum absolute atomic E-state index is 0.696. The molecule has 0 saturated carbocycles. The van der Waals surface area contributed by atoms with Gasteiger partial charge in [-0.25, -0.2) is 0 Å². The van der Waals surface area contributed by atoms with Crippen molar-refractivity contribution < 1.29 is 4.74 Å². The molecule has 0 aliphatic carbocycles. The van der Waals surface area contributed by atoms with Gasteiger partial charge in [0.15, 0.2) is 0 Å². The van der Waals surface area contributed by atoms with E-state index in [9.17, 15) is 0 Å². The fourth-order valence-corrected chi connectivity index (χ4v) is 2.05. The Morgan fingerprint density at radius 3 is 2.84 bits per heavy atom. The highest BCUT2D eigenvalue weighted by Crippen LogP contribution is 2.25. The first-order valence-corrected chi connectivity index (χ1v) is 7.38. The van der Waals surface area contributed by atoms with E-state index < -0.39 is 0 Å². The van der Waals surface area contributed by atoms with Crippen molar-refractivity contribution in [3.05, 3.63) is 41.4 Å². The summed E-state index contributed by atoms with van der Waals surface area (Å²) < 4.78 is 5.70. The molecule has 0 saturated heterocycles. The van der Waals surface area contributed by atoms with E-state index in [1.54, 1.807) is 0 Å². The molecule has 1 aromatic rings. The van der Waals surface area contributed by atoms with E-state index in [-0.39, 0.29) is 0 Å². The Kier molecular flexibility index (Phi) is 8.35. The molecule has 0 aliphatic rings. The molecule has 3 heteroatoms. The van der Waals surface area contributed by atoms with Crippen molar-refractivity contribution in [3.8, 4) is 5.75 Å². The Hall–Kier alpha value is -0.990. The van der Waals surface area contributed by atoms with E-state index in [1.807, 2.05) is 18.2 Å². The maximum atomic E-state index is 6.20. The molecule has 0 amide bonds. The van der Waals surface area contributed by atoms with Crippen LogP contribution in [-0.4, -0.2) is 13.2 Å². The van der Waals surface area contributed by atoms with Crippen LogP contribution in [0.15, 0.2) is 30.9 Å². The summed E-state index contributed by atoms with van der Waals surface area (Å²) in [6.07, 6.45) is 6.45. The highest BCUT2D eigenvalue weighted by atomic mass is 35.5. The Morgan fingerprint density at radius 1 is 1.32 bits per heavy atom. The number of rotatable bonds is 10. The molecule has 2 nitrogen and oxygen atoms in total. The molecule has 1 aromatic carbocycles. The zero-order valence-corrected chi connectivity index (χ0v) is 12.5. The molecule has 106 valence electrons. The predicted molar refractivity (Wildman–Crippen MR) is 83.0 cm³/mol. The maximum Gasteiger partial charge on any atom is 0.137 e. The Bertz CT molecular complexity index is 379. The molecule has 0 fully saturated rings. The summed E-state index contributed by atoms with van der Waals surface area (Å²) in [5.41, 5.74) is 1.19. The standard InChI is InChI=1S/C16H24ClNO/c1-3-5-6-7-8-11-19-16-10-9-14(12-15(16)17)13-18-4-2/h3,9-10,12,18H,1,4-8,11,13H2,2H3. The number of halogens is 1. The number of ether oxygens (including phenoxy) is 1. The molecule has 0 unspecified atom stereocenters. The molecule has 19 heavy (non-hydrogen) atoms. The van der Waals surface area contributed by atoms with E-state index in [2.05, 4.69) is 24.9 Å². The summed E-state index contributed by atoms with van der Waals surface area (Å²) in [5, 5.41) is 3.97. The molecule has 1 N–H and O–H groups in total. The number of hydrogen-bond acceptors (Lipinski definition) is 2. The van der Waals surface area contributed by atoms with Crippen LogP contribution >= 0.6 is 11.6 Å². The van der Waals surface area contributed by atoms with Crippen LogP contribution in [0.5, 0.6) is 5.75 Å². The molecular weight excluding hydrogens is 258 g/mol. The van der Waals surface area contributed by atoms with E-state index in [1.165, 1.54) is 18.4 Å². The van der Waals surface area contributed by atoms with Crippen LogP contribution in [-0.2, 0) is 6.54 Å². The largest absolute Gasteiger partial charge is 0.492 e.